The molecule has 1 atom stereocenters. The van der Waals surface area contributed by atoms with Crippen LogP contribution >= 0.6 is 46.4 Å². The maximum Gasteiger partial charge on any atom is 0.264 e. The summed E-state index contributed by atoms with van der Waals surface area (Å²) in [4.78, 5) is 28.5. The maximum absolute atomic E-state index is 14.1. The number of hydrogen-bond acceptors (Lipinski definition) is 4. The predicted molar refractivity (Wildman–Crippen MR) is 162 cm³/mol. The van der Waals surface area contributed by atoms with E-state index in [1.54, 1.807) is 43.3 Å². The van der Waals surface area contributed by atoms with Gasteiger partial charge in [-0.15, -0.1) is 0 Å². The highest BCUT2D eigenvalue weighted by atomic mass is 35.5. The minimum Gasteiger partial charge on any atom is -0.354 e. The SMILES string of the molecule is CCCNC(=O)C(CC)N(Cc1ccc(Cl)cc1Cl)C(=O)CN(c1cccc(Cl)c1Cl)S(=O)(=O)c1ccccc1. The molecule has 3 aromatic rings. The zero-order valence-corrected chi connectivity index (χ0v) is 25.8. The molecule has 0 aliphatic rings. The molecule has 0 fully saturated rings. The van der Waals surface area contributed by atoms with Crippen molar-refractivity contribution in [2.24, 2.45) is 0 Å². The van der Waals surface area contributed by atoms with Crippen LogP contribution in [0.15, 0.2) is 71.6 Å². The van der Waals surface area contributed by atoms with E-state index in [0.29, 0.717) is 28.6 Å². The van der Waals surface area contributed by atoms with Crippen LogP contribution in [0, 0.1) is 0 Å². The van der Waals surface area contributed by atoms with Crippen molar-refractivity contribution in [2.75, 3.05) is 17.4 Å². The van der Waals surface area contributed by atoms with Crippen molar-refractivity contribution < 1.29 is 18.0 Å². The Morgan fingerprint density at radius 3 is 2.23 bits per heavy atom. The van der Waals surface area contributed by atoms with Crippen LogP contribution in [0.4, 0.5) is 5.69 Å². The molecule has 0 heterocycles. The van der Waals surface area contributed by atoms with E-state index in [1.165, 1.54) is 35.2 Å². The summed E-state index contributed by atoms with van der Waals surface area (Å²) < 4.78 is 28.6. The van der Waals surface area contributed by atoms with Gasteiger partial charge in [-0.1, -0.05) is 90.6 Å². The minimum atomic E-state index is -4.28. The second kappa shape index (κ2) is 14.4. The fraction of sp³-hybridized carbons (Fsp3) is 0.286. The lowest BCUT2D eigenvalue weighted by atomic mass is 10.1. The first-order valence-electron chi connectivity index (χ1n) is 12.5. The van der Waals surface area contributed by atoms with Crippen LogP contribution < -0.4 is 9.62 Å². The first kappa shape index (κ1) is 32.0. The number of amides is 2. The zero-order chi connectivity index (χ0) is 29.4. The smallest absolute Gasteiger partial charge is 0.264 e. The van der Waals surface area contributed by atoms with E-state index in [0.717, 1.165) is 4.31 Å². The van der Waals surface area contributed by atoms with Crippen molar-refractivity contribution in [3.63, 3.8) is 0 Å². The van der Waals surface area contributed by atoms with Gasteiger partial charge in [0.25, 0.3) is 10.0 Å². The Hall–Kier alpha value is -2.49. The lowest BCUT2D eigenvalue weighted by Crippen LogP contribution is -2.52. The number of sulfonamides is 1. The summed E-state index contributed by atoms with van der Waals surface area (Å²) in [7, 11) is -4.28. The molecule has 12 heteroatoms. The van der Waals surface area contributed by atoms with Crippen molar-refractivity contribution in [3.8, 4) is 0 Å². The first-order chi connectivity index (χ1) is 19.0. The predicted octanol–water partition coefficient (Wildman–Crippen LogP) is 6.83. The normalized spacial score (nSPS) is 12.1. The van der Waals surface area contributed by atoms with Gasteiger partial charge in [-0.25, -0.2) is 8.42 Å². The quantitative estimate of drug-likeness (QED) is 0.234. The fourth-order valence-corrected chi connectivity index (χ4v) is 6.40. The van der Waals surface area contributed by atoms with Gasteiger partial charge in [0.15, 0.2) is 0 Å². The lowest BCUT2D eigenvalue weighted by Gasteiger charge is -2.33. The Morgan fingerprint density at radius 1 is 0.900 bits per heavy atom. The standard InChI is InChI=1S/C28H29Cl4N3O4S/c1-3-15-33-28(37)24(4-2)34(17-19-13-14-20(29)16-23(19)31)26(36)18-35(25-12-8-11-22(30)27(25)32)40(38,39)21-9-6-5-7-10-21/h5-14,16,24H,3-4,15,17-18H2,1-2H3,(H,33,37). The molecule has 0 aliphatic carbocycles. The first-order valence-corrected chi connectivity index (χ1v) is 15.5. The molecule has 3 aromatic carbocycles. The van der Waals surface area contributed by atoms with Crippen LogP contribution in [0.25, 0.3) is 0 Å². The number of nitrogens with zero attached hydrogens (tertiary/aromatic N) is 2. The minimum absolute atomic E-state index is 0.0272. The average molecular weight is 645 g/mol. The third-order valence-electron chi connectivity index (χ3n) is 6.10. The molecular formula is C28H29Cl4N3O4S. The molecule has 0 spiro atoms. The van der Waals surface area contributed by atoms with Gasteiger partial charge in [0.05, 0.1) is 20.6 Å². The monoisotopic (exact) mass is 643 g/mol. The number of carbonyl (C=O) groups excluding carboxylic acids is 2. The van der Waals surface area contributed by atoms with Crippen LogP contribution in [0.1, 0.15) is 32.3 Å². The molecule has 0 aromatic heterocycles. The highest BCUT2D eigenvalue weighted by molar-refractivity contribution is 7.92. The lowest BCUT2D eigenvalue weighted by molar-refractivity contribution is -0.140. The highest BCUT2D eigenvalue weighted by Crippen LogP contribution is 2.35. The second-order valence-corrected chi connectivity index (χ2v) is 12.4. The van der Waals surface area contributed by atoms with Crippen molar-refractivity contribution in [2.45, 2.75) is 44.2 Å². The molecule has 214 valence electrons. The Labute approximate surface area is 255 Å². The van der Waals surface area contributed by atoms with Crippen LogP contribution in [0.3, 0.4) is 0 Å². The Bertz CT molecular complexity index is 1460. The summed E-state index contributed by atoms with van der Waals surface area (Å²) in [5.74, 6) is -0.999. The molecule has 0 radical (unpaired) electrons. The Kier molecular flexibility index (Phi) is 11.5. The third kappa shape index (κ3) is 7.62. The third-order valence-corrected chi connectivity index (χ3v) is 9.27. The Balaban J connectivity index is 2.10. The zero-order valence-electron chi connectivity index (χ0n) is 21.9. The van der Waals surface area contributed by atoms with E-state index in [1.807, 2.05) is 6.92 Å². The molecular weight excluding hydrogens is 616 g/mol. The van der Waals surface area contributed by atoms with Crippen LogP contribution in [0.2, 0.25) is 20.1 Å². The number of halogens is 4. The van der Waals surface area contributed by atoms with Crippen molar-refractivity contribution in [1.29, 1.82) is 0 Å². The van der Waals surface area contributed by atoms with E-state index >= 15 is 0 Å². The van der Waals surface area contributed by atoms with Crippen LogP contribution in [0.5, 0.6) is 0 Å². The molecule has 3 rings (SSSR count). The number of nitrogens with one attached hydrogen (secondary N) is 1. The largest absolute Gasteiger partial charge is 0.354 e. The molecule has 0 bridgehead atoms. The molecule has 7 nitrogen and oxygen atoms in total. The van der Waals surface area contributed by atoms with Crippen LogP contribution in [-0.2, 0) is 26.2 Å². The van der Waals surface area contributed by atoms with E-state index in [4.69, 9.17) is 46.4 Å². The molecule has 2 amide bonds. The molecule has 1 unspecified atom stereocenters. The fourth-order valence-electron chi connectivity index (χ4n) is 4.04. The summed E-state index contributed by atoms with van der Waals surface area (Å²) in [6.45, 7) is 3.39. The summed E-state index contributed by atoms with van der Waals surface area (Å²) in [6, 6.07) is 16.1. The topological polar surface area (TPSA) is 86.8 Å². The van der Waals surface area contributed by atoms with E-state index in [9.17, 15) is 18.0 Å². The summed E-state index contributed by atoms with van der Waals surface area (Å²) in [5.41, 5.74) is 0.568. The van der Waals surface area contributed by atoms with Crippen LogP contribution in [-0.4, -0.2) is 44.3 Å². The van der Waals surface area contributed by atoms with Crippen molar-refractivity contribution in [3.05, 3.63) is 92.4 Å². The summed E-state index contributed by atoms with van der Waals surface area (Å²) in [6.07, 6.45) is 0.978. The molecule has 0 saturated heterocycles. The number of rotatable bonds is 12. The van der Waals surface area contributed by atoms with Gasteiger partial charge >= 0.3 is 0 Å². The van der Waals surface area contributed by atoms with Gasteiger partial charge in [-0.05, 0) is 54.8 Å². The Morgan fingerprint density at radius 2 is 1.60 bits per heavy atom. The van der Waals surface area contributed by atoms with Gasteiger partial charge < -0.3 is 10.2 Å². The molecule has 0 saturated carbocycles. The molecule has 40 heavy (non-hydrogen) atoms. The molecule has 0 aliphatic heterocycles. The maximum atomic E-state index is 14.1. The number of carbonyl (C=O) groups is 2. The summed E-state index contributed by atoms with van der Waals surface area (Å²) >= 11 is 25.2. The van der Waals surface area contributed by atoms with E-state index in [-0.39, 0.29) is 39.5 Å². The number of hydrogen-bond donors (Lipinski definition) is 1. The summed E-state index contributed by atoms with van der Waals surface area (Å²) in [5, 5.41) is 3.64. The van der Waals surface area contributed by atoms with Crippen molar-refractivity contribution in [1.82, 2.24) is 10.2 Å². The average Bonchev–Trinajstić information content (AvgIpc) is 2.93. The number of anilines is 1. The molecule has 1 N–H and O–H groups in total. The van der Waals surface area contributed by atoms with Gasteiger partial charge in [0.2, 0.25) is 11.8 Å². The van der Waals surface area contributed by atoms with Gasteiger partial charge in [0.1, 0.15) is 12.6 Å². The van der Waals surface area contributed by atoms with Gasteiger partial charge in [-0.3, -0.25) is 13.9 Å². The van der Waals surface area contributed by atoms with E-state index < -0.39 is 28.5 Å². The van der Waals surface area contributed by atoms with Gasteiger partial charge in [0, 0.05) is 23.1 Å². The number of benzene rings is 3. The second-order valence-electron chi connectivity index (χ2n) is 8.87. The van der Waals surface area contributed by atoms with Crippen molar-refractivity contribution >= 4 is 73.9 Å². The highest BCUT2D eigenvalue weighted by Gasteiger charge is 2.34. The van der Waals surface area contributed by atoms with E-state index in [2.05, 4.69) is 5.32 Å². The van der Waals surface area contributed by atoms with Gasteiger partial charge in [-0.2, -0.15) is 0 Å².